The van der Waals surface area contributed by atoms with E-state index in [1.54, 1.807) is 6.92 Å². The third kappa shape index (κ3) is 3.03. The van der Waals surface area contributed by atoms with Crippen molar-refractivity contribution in [1.29, 1.82) is 0 Å². The van der Waals surface area contributed by atoms with Crippen LogP contribution in [0, 0.1) is 29.8 Å². The largest absolute Gasteiger partial charge is 0.459 e. The van der Waals surface area contributed by atoms with Gasteiger partial charge in [0.2, 0.25) is 0 Å². The van der Waals surface area contributed by atoms with Gasteiger partial charge >= 0.3 is 0 Å². The lowest BCUT2D eigenvalue weighted by molar-refractivity contribution is -0.385. The summed E-state index contributed by atoms with van der Waals surface area (Å²) in [4.78, 5) is 22.8. The molecule has 1 amide bonds. The minimum absolute atomic E-state index is 0.104. The van der Waals surface area contributed by atoms with Gasteiger partial charge < -0.3 is 9.73 Å². The van der Waals surface area contributed by atoms with Crippen LogP contribution >= 0.6 is 0 Å². The molecule has 0 spiro atoms. The topological polar surface area (TPSA) is 85.4 Å². The van der Waals surface area contributed by atoms with Crippen molar-refractivity contribution in [1.82, 2.24) is 5.32 Å². The molecule has 0 radical (unpaired) electrons. The normalized spacial score (nSPS) is 12.2. The van der Waals surface area contributed by atoms with Gasteiger partial charge in [0.15, 0.2) is 0 Å². The molecule has 0 aliphatic rings. The van der Waals surface area contributed by atoms with Crippen molar-refractivity contribution in [3.63, 3.8) is 0 Å². The zero-order chi connectivity index (χ0) is 19.0. The standard InChI is InChI=1S/C19H17FN2O4/c1-10-14-6-4-5-7-17(14)26-18(10)12(3)21-19(23)13-8-15(20)11(2)16(9-13)22(24)25/h4-9,12H,1-3H3,(H,21,23). The zero-order valence-electron chi connectivity index (χ0n) is 14.5. The molecule has 1 unspecified atom stereocenters. The minimum atomic E-state index is -0.795. The quantitative estimate of drug-likeness (QED) is 0.547. The molecule has 7 heteroatoms. The smallest absolute Gasteiger partial charge is 0.276 e. The molecule has 0 aliphatic heterocycles. The predicted octanol–water partition coefficient (Wildman–Crippen LogP) is 4.59. The first-order chi connectivity index (χ1) is 12.3. The van der Waals surface area contributed by atoms with Crippen molar-refractivity contribution >= 4 is 22.6 Å². The molecule has 0 saturated heterocycles. The number of rotatable bonds is 4. The van der Waals surface area contributed by atoms with Crippen LogP contribution in [0.4, 0.5) is 10.1 Å². The number of nitrogens with one attached hydrogen (secondary N) is 1. The third-order valence-corrected chi connectivity index (χ3v) is 4.40. The molecule has 6 nitrogen and oxygen atoms in total. The van der Waals surface area contributed by atoms with Gasteiger partial charge in [-0.3, -0.25) is 14.9 Å². The van der Waals surface area contributed by atoms with Gasteiger partial charge in [-0.2, -0.15) is 0 Å². The Balaban J connectivity index is 1.90. The van der Waals surface area contributed by atoms with Gasteiger partial charge in [-0.1, -0.05) is 18.2 Å². The van der Waals surface area contributed by atoms with E-state index in [0.717, 1.165) is 23.1 Å². The van der Waals surface area contributed by atoms with Gasteiger partial charge in [0.1, 0.15) is 17.2 Å². The first-order valence-corrected chi connectivity index (χ1v) is 8.03. The molecule has 0 bridgehead atoms. The number of amides is 1. The second-order valence-corrected chi connectivity index (χ2v) is 6.14. The highest BCUT2D eigenvalue weighted by atomic mass is 19.1. The first kappa shape index (κ1) is 17.6. The molecular formula is C19H17FN2O4. The van der Waals surface area contributed by atoms with E-state index in [-0.39, 0.29) is 11.1 Å². The Morgan fingerprint density at radius 1 is 1.23 bits per heavy atom. The molecule has 2 aromatic carbocycles. The first-order valence-electron chi connectivity index (χ1n) is 8.03. The summed E-state index contributed by atoms with van der Waals surface area (Å²) in [5, 5.41) is 14.7. The number of hydrogen-bond acceptors (Lipinski definition) is 4. The van der Waals surface area contributed by atoms with E-state index in [9.17, 15) is 19.3 Å². The lowest BCUT2D eigenvalue weighted by atomic mass is 10.1. The summed E-state index contributed by atoms with van der Waals surface area (Å²) in [6.45, 7) is 4.93. The summed E-state index contributed by atoms with van der Waals surface area (Å²) in [7, 11) is 0. The molecule has 3 aromatic rings. The highest BCUT2D eigenvalue weighted by molar-refractivity contribution is 5.95. The number of nitro groups is 1. The van der Waals surface area contributed by atoms with Gasteiger partial charge in [-0.15, -0.1) is 0 Å². The SMILES string of the molecule is Cc1c(F)cc(C(=O)NC(C)c2oc3ccccc3c2C)cc1[N+](=O)[O-]. The van der Waals surface area contributed by atoms with E-state index in [1.807, 2.05) is 31.2 Å². The molecular weight excluding hydrogens is 339 g/mol. The molecule has 0 saturated carbocycles. The monoisotopic (exact) mass is 356 g/mol. The number of fused-ring (bicyclic) bond motifs is 1. The Kier molecular flexibility index (Phi) is 4.46. The Hall–Kier alpha value is -3.22. The van der Waals surface area contributed by atoms with Crippen LogP contribution < -0.4 is 5.32 Å². The number of aryl methyl sites for hydroxylation is 1. The summed E-state index contributed by atoms with van der Waals surface area (Å²) in [5.41, 5.74) is 0.962. The maximum atomic E-state index is 13.9. The van der Waals surface area contributed by atoms with Gasteiger partial charge in [-0.25, -0.2) is 4.39 Å². The highest BCUT2D eigenvalue weighted by Gasteiger charge is 2.22. The van der Waals surface area contributed by atoms with Gasteiger partial charge in [0.25, 0.3) is 11.6 Å². The molecule has 1 heterocycles. The average molecular weight is 356 g/mol. The van der Waals surface area contributed by atoms with E-state index in [4.69, 9.17) is 4.42 Å². The maximum Gasteiger partial charge on any atom is 0.276 e. The molecule has 26 heavy (non-hydrogen) atoms. The van der Waals surface area contributed by atoms with E-state index in [2.05, 4.69) is 5.32 Å². The summed E-state index contributed by atoms with van der Waals surface area (Å²) in [5.74, 6) is -0.821. The molecule has 1 N–H and O–H groups in total. The van der Waals surface area contributed by atoms with Gasteiger partial charge in [0, 0.05) is 22.6 Å². The fourth-order valence-corrected chi connectivity index (χ4v) is 2.94. The number of carbonyl (C=O) groups is 1. The highest BCUT2D eigenvalue weighted by Crippen LogP contribution is 2.29. The predicted molar refractivity (Wildman–Crippen MR) is 94.6 cm³/mol. The van der Waals surface area contributed by atoms with Crippen LogP contribution in [0.15, 0.2) is 40.8 Å². The van der Waals surface area contributed by atoms with Crippen LogP contribution in [0.3, 0.4) is 0 Å². The van der Waals surface area contributed by atoms with Crippen LogP contribution in [0.2, 0.25) is 0 Å². The number of benzene rings is 2. The molecule has 1 aromatic heterocycles. The number of furan rings is 1. The van der Waals surface area contributed by atoms with Gasteiger partial charge in [-0.05, 0) is 32.9 Å². The fraction of sp³-hybridized carbons (Fsp3) is 0.211. The van der Waals surface area contributed by atoms with Crippen molar-refractivity contribution < 1.29 is 18.5 Å². The molecule has 3 rings (SSSR count). The van der Waals surface area contributed by atoms with Crippen molar-refractivity contribution in [3.8, 4) is 0 Å². The second-order valence-electron chi connectivity index (χ2n) is 6.14. The fourth-order valence-electron chi connectivity index (χ4n) is 2.94. The number of nitrogens with zero attached hydrogens (tertiary/aromatic N) is 1. The molecule has 1 atom stereocenters. The molecule has 0 aliphatic carbocycles. The number of para-hydroxylation sites is 1. The Bertz CT molecular complexity index is 1030. The number of nitro benzene ring substituents is 1. The lowest BCUT2D eigenvalue weighted by Crippen LogP contribution is -2.27. The van der Waals surface area contributed by atoms with Crippen molar-refractivity contribution in [2.75, 3.05) is 0 Å². The number of carbonyl (C=O) groups excluding carboxylic acids is 1. The van der Waals surface area contributed by atoms with E-state index in [0.29, 0.717) is 11.3 Å². The van der Waals surface area contributed by atoms with Crippen LogP contribution in [0.5, 0.6) is 0 Å². The van der Waals surface area contributed by atoms with E-state index in [1.165, 1.54) is 6.92 Å². The van der Waals surface area contributed by atoms with Crippen LogP contribution in [-0.2, 0) is 0 Å². The van der Waals surface area contributed by atoms with E-state index < -0.39 is 28.4 Å². The van der Waals surface area contributed by atoms with Gasteiger partial charge in [0.05, 0.1) is 16.5 Å². The van der Waals surface area contributed by atoms with Crippen molar-refractivity contribution in [2.24, 2.45) is 0 Å². The minimum Gasteiger partial charge on any atom is -0.459 e. The maximum absolute atomic E-state index is 13.9. The Morgan fingerprint density at radius 2 is 1.92 bits per heavy atom. The lowest BCUT2D eigenvalue weighted by Gasteiger charge is -2.13. The molecule has 134 valence electrons. The number of hydrogen-bond donors (Lipinski definition) is 1. The Morgan fingerprint density at radius 3 is 2.58 bits per heavy atom. The van der Waals surface area contributed by atoms with E-state index >= 15 is 0 Å². The van der Waals surface area contributed by atoms with Crippen LogP contribution in [-0.4, -0.2) is 10.8 Å². The summed E-state index contributed by atoms with van der Waals surface area (Å²) in [6, 6.07) is 9.09. The number of halogens is 1. The van der Waals surface area contributed by atoms with Crippen LogP contribution in [0.25, 0.3) is 11.0 Å². The average Bonchev–Trinajstić information content (AvgIpc) is 2.94. The third-order valence-electron chi connectivity index (χ3n) is 4.40. The molecule has 0 fully saturated rings. The van der Waals surface area contributed by atoms with Crippen LogP contribution in [0.1, 0.15) is 40.2 Å². The van der Waals surface area contributed by atoms with Crippen molar-refractivity contribution in [3.05, 3.63) is 74.8 Å². The summed E-state index contributed by atoms with van der Waals surface area (Å²) < 4.78 is 19.7. The zero-order valence-corrected chi connectivity index (χ0v) is 14.5. The summed E-state index contributed by atoms with van der Waals surface area (Å²) in [6.07, 6.45) is 0. The Labute approximate surface area is 148 Å². The second kappa shape index (κ2) is 6.59. The van der Waals surface area contributed by atoms with Crippen molar-refractivity contribution in [2.45, 2.75) is 26.8 Å². The summed E-state index contributed by atoms with van der Waals surface area (Å²) >= 11 is 0.